The maximum Gasteiger partial charge on any atom is 0.243 e. The summed E-state index contributed by atoms with van der Waals surface area (Å²) in [7, 11) is 0. The molecule has 2 aromatic heterocycles. The second-order valence-corrected chi connectivity index (χ2v) is 7.21. The quantitative estimate of drug-likeness (QED) is 0.295. The molecule has 2 aromatic rings. The molecule has 3 heterocycles. The molecule has 0 saturated carbocycles. The SMILES string of the molecule is CCCCn1cnc2c(NCCCCCC(=O)NO)nc(N3CCOCC3)nc21. The van der Waals surface area contributed by atoms with Crippen molar-refractivity contribution < 1.29 is 14.7 Å². The van der Waals surface area contributed by atoms with Gasteiger partial charge in [0, 0.05) is 32.6 Å². The molecule has 1 aliphatic rings. The summed E-state index contributed by atoms with van der Waals surface area (Å²) in [6, 6.07) is 0. The van der Waals surface area contributed by atoms with Gasteiger partial charge in [0.25, 0.3) is 0 Å². The van der Waals surface area contributed by atoms with Crippen LogP contribution in [0.15, 0.2) is 6.33 Å². The predicted molar refractivity (Wildman–Crippen MR) is 110 cm³/mol. The first kappa shape index (κ1) is 21.3. The van der Waals surface area contributed by atoms with Gasteiger partial charge in [0.1, 0.15) is 0 Å². The minimum atomic E-state index is -0.344. The number of hydrogen-bond donors (Lipinski definition) is 3. The van der Waals surface area contributed by atoms with E-state index in [9.17, 15) is 4.79 Å². The number of ether oxygens (including phenoxy) is 1. The minimum Gasteiger partial charge on any atom is -0.378 e. The number of nitrogens with one attached hydrogen (secondary N) is 2. The van der Waals surface area contributed by atoms with E-state index in [1.165, 1.54) is 0 Å². The second kappa shape index (κ2) is 10.9. The highest BCUT2D eigenvalue weighted by atomic mass is 16.5. The van der Waals surface area contributed by atoms with Gasteiger partial charge in [-0.15, -0.1) is 0 Å². The lowest BCUT2D eigenvalue weighted by molar-refractivity contribution is -0.129. The summed E-state index contributed by atoms with van der Waals surface area (Å²) < 4.78 is 7.55. The largest absolute Gasteiger partial charge is 0.378 e. The van der Waals surface area contributed by atoms with Crippen molar-refractivity contribution in [3.8, 4) is 0 Å². The maximum atomic E-state index is 11.1. The Kier molecular flexibility index (Phi) is 8.00. The van der Waals surface area contributed by atoms with Gasteiger partial charge in [-0.1, -0.05) is 19.8 Å². The average Bonchev–Trinajstić information content (AvgIpc) is 3.18. The summed E-state index contributed by atoms with van der Waals surface area (Å²) in [6.07, 6.45) is 6.88. The minimum absolute atomic E-state index is 0.331. The Labute approximate surface area is 170 Å². The van der Waals surface area contributed by atoms with E-state index in [0.717, 1.165) is 75.3 Å². The van der Waals surface area contributed by atoms with Crippen molar-refractivity contribution >= 4 is 28.8 Å². The number of imidazole rings is 1. The molecule has 0 aromatic carbocycles. The lowest BCUT2D eigenvalue weighted by Gasteiger charge is -2.27. The predicted octanol–water partition coefficient (Wildman–Crippen LogP) is 1.94. The van der Waals surface area contributed by atoms with E-state index in [1.54, 1.807) is 5.48 Å². The molecule has 10 nitrogen and oxygen atoms in total. The van der Waals surface area contributed by atoms with Gasteiger partial charge in [-0.2, -0.15) is 9.97 Å². The third-order valence-electron chi connectivity index (χ3n) is 5.00. The number of aromatic nitrogens is 4. The zero-order valence-corrected chi connectivity index (χ0v) is 17.1. The number of rotatable bonds is 11. The average molecular weight is 406 g/mol. The zero-order chi connectivity index (χ0) is 20.5. The van der Waals surface area contributed by atoms with Crippen LogP contribution < -0.4 is 15.7 Å². The van der Waals surface area contributed by atoms with Crippen molar-refractivity contribution in [3.63, 3.8) is 0 Å². The molecule has 1 fully saturated rings. The summed E-state index contributed by atoms with van der Waals surface area (Å²) in [5, 5.41) is 11.9. The van der Waals surface area contributed by atoms with Crippen LogP contribution in [0.25, 0.3) is 11.2 Å². The van der Waals surface area contributed by atoms with E-state index in [4.69, 9.17) is 19.9 Å². The molecule has 0 atom stereocenters. The number of carbonyl (C=O) groups excluding carboxylic acids is 1. The van der Waals surface area contributed by atoms with Crippen molar-refractivity contribution in [2.24, 2.45) is 0 Å². The number of unbranched alkanes of at least 4 members (excludes halogenated alkanes) is 3. The summed E-state index contributed by atoms with van der Waals surface area (Å²) in [5.74, 6) is 1.12. The third-order valence-corrected chi connectivity index (χ3v) is 5.00. The van der Waals surface area contributed by atoms with Gasteiger partial charge in [-0.25, -0.2) is 10.5 Å². The van der Waals surface area contributed by atoms with Crippen LogP contribution in [0.2, 0.25) is 0 Å². The van der Waals surface area contributed by atoms with Crippen LogP contribution in [0.1, 0.15) is 45.4 Å². The van der Waals surface area contributed by atoms with Crippen LogP contribution in [0.3, 0.4) is 0 Å². The number of aryl methyl sites for hydroxylation is 1. The van der Waals surface area contributed by atoms with Gasteiger partial charge < -0.3 is 19.5 Å². The molecule has 0 unspecified atom stereocenters. The van der Waals surface area contributed by atoms with Crippen LogP contribution in [0.5, 0.6) is 0 Å². The number of amides is 1. The molecule has 0 spiro atoms. The first-order valence-electron chi connectivity index (χ1n) is 10.4. The fourth-order valence-corrected chi connectivity index (χ4v) is 3.30. The summed E-state index contributed by atoms with van der Waals surface area (Å²) in [4.78, 5) is 27.3. The standard InChI is InChI=1S/C19H31N7O3/c1-2-3-9-26-14-21-16-17(20-8-6-4-5-7-15(27)24-28)22-19(23-18(16)26)25-10-12-29-13-11-25/h14,28H,2-13H2,1H3,(H,24,27)(H,20,22,23). The lowest BCUT2D eigenvalue weighted by Crippen LogP contribution is -2.37. The van der Waals surface area contributed by atoms with Crippen LogP contribution in [-0.4, -0.2) is 63.5 Å². The molecule has 0 bridgehead atoms. The van der Waals surface area contributed by atoms with Crippen LogP contribution in [0.4, 0.5) is 11.8 Å². The molecule has 0 radical (unpaired) electrons. The highest BCUT2D eigenvalue weighted by Crippen LogP contribution is 2.23. The zero-order valence-electron chi connectivity index (χ0n) is 17.1. The Balaban J connectivity index is 1.70. The van der Waals surface area contributed by atoms with E-state index >= 15 is 0 Å². The molecule has 3 N–H and O–H groups in total. The first-order valence-corrected chi connectivity index (χ1v) is 10.4. The fourth-order valence-electron chi connectivity index (χ4n) is 3.30. The van der Waals surface area contributed by atoms with Gasteiger partial charge in [0.2, 0.25) is 11.9 Å². The van der Waals surface area contributed by atoms with Gasteiger partial charge in [0.15, 0.2) is 17.0 Å². The summed E-state index contributed by atoms with van der Waals surface area (Å²) >= 11 is 0. The Bertz CT molecular complexity index is 789. The van der Waals surface area contributed by atoms with Crippen molar-refractivity contribution in [1.29, 1.82) is 0 Å². The monoisotopic (exact) mass is 405 g/mol. The Morgan fingerprint density at radius 1 is 1.21 bits per heavy atom. The van der Waals surface area contributed by atoms with E-state index in [2.05, 4.69) is 26.7 Å². The van der Waals surface area contributed by atoms with Crippen LogP contribution >= 0.6 is 0 Å². The van der Waals surface area contributed by atoms with Crippen molar-refractivity contribution in [3.05, 3.63) is 6.33 Å². The lowest BCUT2D eigenvalue weighted by atomic mass is 10.2. The summed E-state index contributed by atoms with van der Waals surface area (Å²) in [6.45, 7) is 6.71. The second-order valence-electron chi connectivity index (χ2n) is 7.21. The first-order chi connectivity index (χ1) is 14.2. The molecular formula is C19H31N7O3. The molecule has 1 amide bonds. The molecule has 1 saturated heterocycles. The van der Waals surface area contributed by atoms with Crippen molar-refractivity contribution in [1.82, 2.24) is 25.0 Å². The normalized spacial score (nSPS) is 14.3. The molecule has 29 heavy (non-hydrogen) atoms. The number of carbonyl (C=O) groups is 1. The van der Waals surface area contributed by atoms with Gasteiger partial charge in [-0.05, 0) is 19.3 Å². The number of nitrogens with zero attached hydrogens (tertiary/aromatic N) is 5. The number of morpholine rings is 1. The number of hydroxylamine groups is 1. The number of hydrogen-bond acceptors (Lipinski definition) is 8. The molecule has 3 rings (SSSR count). The van der Waals surface area contributed by atoms with Crippen LogP contribution in [-0.2, 0) is 16.1 Å². The molecule has 1 aliphatic heterocycles. The Morgan fingerprint density at radius 3 is 2.79 bits per heavy atom. The molecule has 10 heteroatoms. The maximum absolute atomic E-state index is 11.1. The van der Waals surface area contributed by atoms with Crippen LogP contribution in [0, 0.1) is 0 Å². The Hall–Kier alpha value is -2.46. The number of fused-ring (bicyclic) bond motifs is 1. The third kappa shape index (κ3) is 5.77. The molecular weight excluding hydrogens is 374 g/mol. The van der Waals surface area contributed by atoms with E-state index < -0.39 is 0 Å². The van der Waals surface area contributed by atoms with E-state index in [0.29, 0.717) is 25.6 Å². The highest BCUT2D eigenvalue weighted by Gasteiger charge is 2.19. The smallest absolute Gasteiger partial charge is 0.243 e. The topological polar surface area (TPSA) is 117 Å². The van der Waals surface area contributed by atoms with Gasteiger partial charge >= 0.3 is 0 Å². The Morgan fingerprint density at radius 2 is 2.03 bits per heavy atom. The van der Waals surface area contributed by atoms with Crippen molar-refractivity contribution in [2.45, 2.75) is 52.0 Å². The summed E-state index contributed by atoms with van der Waals surface area (Å²) in [5.41, 5.74) is 3.31. The molecule has 0 aliphatic carbocycles. The fraction of sp³-hybridized carbons (Fsp3) is 0.684. The van der Waals surface area contributed by atoms with Gasteiger partial charge in [0.05, 0.1) is 19.5 Å². The van der Waals surface area contributed by atoms with Crippen molar-refractivity contribution in [2.75, 3.05) is 43.1 Å². The van der Waals surface area contributed by atoms with E-state index in [-0.39, 0.29) is 5.91 Å². The highest BCUT2D eigenvalue weighted by molar-refractivity contribution is 5.84. The van der Waals surface area contributed by atoms with E-state index in [1.807, 2.05) is 6.33 Å². The van der Waals surface area contributed by atoms with Gasteiger partial charge in [-0.3, -0.25) is 10.0 Å². The molecule has 160 valence electrons. The number of anilines is 2.